The summed E-state index contributed by atoms with van der Waals surface area (Å²) in [6.45, 7) is 3.09. The number of ether oxygens (including phenoxy) is 2. The van der Waals surface area contributed by atoms with E-state index in [1.165, 1.54) is 4.68 Å². The summed E-state index contributed by atoms with van der Waals surface area (Å²) < 4.78 is 12.5. The first kappa shape index (κ1) is 18.6. The number of hydrogen-bond donors (Lipinski definition) is 0. The fourth-order valence-corrected chi connectivity index (χ4v) is 2.82. The summed E-state index contributed by atoms with van der Waals surface area (Å²) in [7, 11) is 0. The number of fused-ring (bicyclic) bond motifs is 1. The third kappa shape index (κ3) is 4.72. The minimum Gasteiger partial charge on any atom is -0.492 e. The average Bonchev–Trinajstić information content (AvgIpc) is 2.71. The molecule has 0 radical (unpaired) electrons. The SMILES string of the molecule is CCOC(C#N)Cc1ccc(OCCn2ncc3ccccc3c2=O)cc1. The Balaban J connectivity index is 1.57. The Morgan fingerprint density at radius 3 is 2.70 bits per heavy atom. The molecule has 0 bridgehead atoms. The Morgan fingerprint density at radius 1 is 1.19 bits per heavy atom. The molecule has 0 fully saturated rings. The summed E-state index contributed by atoms with van der Waals surface area (Å²) >= 11 is 0. The minimum atomic E-state index is -0.437. The molecule has 1 atom stereocenters. The predicted molar refractivity (Wildman–Crippen MR) is 103 cm³/mol. The van der Waals surface area contributed by atoms with Gasteiger partial charge in [0.1, 0.15) is 18.5 Å². The molecule has 2 aromatic carbocycles. The quantitative estimate of drug-likeness (QED) is 0.615. The van der Waals surface area contributed by atoms with Crippen LogP contribution in [0.4, 0.5) is 0 Å². The van der Waals surface area contributed by atoms with E-state index in [4.69, 9.17) is 14.7 Å². The molecular weight excluding hydrogens is 342 g/mol. The maximum Gasteiger partial charge on any atom is 0.274 e. The monoisotopic (exact) mass is 363 g/mol. The number of aromatic nitrogens is 2. The van der Waals surface area contributed by atoms with Crippen molar-refractivity contribution in [1.29, 1.82) is 5.26 Å². The first-order chi connectivity index (χ1) is 13.2. The molecule has 0 aliphatic carbocycles. The van der Waals surface area contributed by atoms with E-state index in [0.29, 0.717) is 37.3 Å². The van der Waals surface area contributed by atoms with Crippen molar-refractivity contribution >= 4 is 10.8 Å². The van der Waals surface area contributed by atoms with Crippen molar-refractivity contribution < 1.29 is 9.47 Å². The van der Waals surface area contributed by atoms with Crippen molar-refractivity contribution in [2.45, 2.75) is 26.0 Å². The maximum absolute atomic E-state index is 12.4. The summed E-state index contributed by atoms with van der Waals surface area (Å²) in [6, 6.07) is 17.1. The standard InChI is InChI=1S/C21H21N3O3/c1-2-26-19(14-22)13-16-7-9-18(10-8-16)27-12-11-24-21(25)20-6-4-3-5-17(20)15-23-24/h3-10,15,19H,2,11-13H2,1H3. The average molecular weight is 363 g/mol. The molecule has 1 unspecified atom stereocenters. The Hall–Kier alpha value is -3.17. The van der Waals surface area contributed by atoms with Crippen LogP contribution in [0.5, 0.6) is 5.75 Å². The number of rotatable bonds is 8. The zero-order chi connectivity index (χ0) is 19.1. The maximum atomic E-state index is 12.4. The van der Waals surface area contributed by atoms with Crippen molar-refractivity contribution in [2.24, 2.45) is 0 Å². The molecule has 3 aromatic rings. The highest BCUT2D eigenvalue weighted by molar-refractivity contribution is 5.80. The van der Waals surface area contributed by atoms with Gasteiger partial charge in [0.25, 0.3) is 5.56 Å². The van der Waals surface area contributed by atoms with Gasteiger partial charge >= 0.3 is 0 Å². The van der Waals surface area contributed by atoms with E-state index in [9.17, 15) is 4.79 Å². The summed E-state index contributed by atoms with van der Waals surface area (Å²) in [4.78, 5) is 12.4. The Labute approximate surface area is 157 Å². The van der Waals surface area contributed by atoms with Gasteiger partial charge in [0, 0.05) is 18.4 Å². The van der Waals surface area contributed by atoms with Crippen LogP contribution in [0.2, 0.25) is 0 Å². The molecule has 1 aromatic heterocycles. The second-order valence-corrected chi connectivity index (χ2v) is 6.03. The van der Waals surface area contributed by atoms with E-state index in [0.717, 1.165) is 10.9 Å². The van der Waals surface area contributed by atoms with Crippen LogP contribution in [0, 0.1) is 11.3 Å². The predicted octanol–water partition coefficient (Wildman–Crippen LogP) is 2.95. The molecule has 138 valence electrons. The highest BCUT2D eigenvalue weighted by Crippen LogP contribution is 2.14. The normalized spacial score (nSPS) is 11.9. The topological polar surface area (TPSA) is 77.1 Å². The van der Waals surface area contributed by atoms with Crippen LogP contribution in [0.25, 0.3) is 10.8 Å². The van der Waals surface area contributed by atoms with Gasteiger partial charge < -0.3 is 9.47 Å². The van der Waals surface area contributed by atoms with Crippen LogP contribution in [0.1, 0.15) is 12.5 Å². The van der Waals surface area contributed by atoms with Crippen LogP contribution >= 0.6 is 0 Å². The Bertz CT molecular complexity index is 990. The Morgan fingerprint density at radius 2 is 1.96 bits per heavy atom. The number of hydrogen-bond acceptors (Lipinski definition) is 5. The summed E-state index contributed by atoms with van der Waals surface area (Å²) in [5, 5.41) is 14.7. The molecule has 6 nitrogen and oxygen atoms in total. The van der Waals surface area contributed by atoms with Gasteiger partial charge in [0.05, 0.1) is 24.2 Å². The molecule has 3 rings (SSSR count). The molecule has 6 heteroatoms. The lowest BCUT2D eigenvalue weighted by Gasteiger charge is -2.11. The molecular formula is C21H21N3O3. The first-order valence-electron chi connectivity index (χ1n) is 8.89. The second kappa shape index (κ2) is 8.97. The Kier molecular flexibility index (Phi) is 6.18. The van der Waals surface area contributed by atoms with Gasteiger partial charge in [0.2, 0.25) is 0 Å². The number of benzene rings is 2. The number of nitrogens with zero attached hydrogens (tertiary/aromatic N) is 3. The van der Waals surface area contributed by atoms with Gasteiger partial charge in [-0.15, -0.1) is 0 Å². The van der Waals surface area contributed by atoms with Crippen LogP contribution in [0.3, 0.4) is 0 Å². The zero-order valence-electron chi connectivity index (χ0n) is 15.2. The molecule has 0 N–H and O–H groups in total. The molecule has 0 amide bonds. The van der Waals surface area contributed by atoms with Gasteiger partial charge in [-0.25, -0.2) is 4.68 Å². The van der Waals surface area contributed by atoms with E-state index in [-0.39, 0.29) is 5.56 Å². The third-order valence-corrected chi connectivity index (χ3v) is 4.19. The van der Waals surface area contributed by atoms with Gasteiger partial charge in [-0.3, -0.25) is 4.79 Å². The van der Waals surface area contributed by atoms with E-state index >= 15 is 0 Å². The molecule has 0 saturated carbocycles. The van der Waals surface area contributed by atoms with Gasteiger partial charge in [0.15, 0.2) is 0 Å². The van der Waals surface area contributed by atoms with Crippen LogP contribution in [-0.2, 0) is 17.7 Å². The molecule has 0 aliphatic rings. The minimum absolute atomic E-state index is 0.120. The van der Waals surface area contributed by atoms with Crippen molar-refractivity contribution in [2.75, 3.05) is 13.2 Å². The van der Waals surface area contributed by atoms with Gasteiger partial charge in [-0.05, 0) is 30.7 Å². The van der Waals surface area contributed by atoms with E-state index in [1.807, 2.05) is 49.4 Å². The van der Waals surface area contributed by atoms with Crippen LogP contribution < -0.4 is 10.3 Å². The largest absolute Gasteiger partial charge is 0.492 e. The molecule has 0 saturated heterocycles. The van der Waals surface area contributed by atoms with E-state index in [2.05, 4.69) is 11.2 Å². The highest BCUT2D eigenvalue weighted by Gasteiger charge is 2.08. The summed E-state index contributed by atoms with van der Waals surface area (Å²) in [5.74, 6) is 0.706. The smallest absolute Gasteiger partial charge is 0.274 e. The van der Waals surface area contributed by atoms with Crippen molar-refractivity contribution in [1.82, 2.24) is 9.78 Å². The fraction of sp³-hybridized carbons (Fsp3) is 0.286. The zero-order valence-corrected chi connectivity index (χ0v) is 15.2. The summed E-state index contributed by atoms with van der Waals surface area (Å²) in [5.41, 5.74) is 0.889. The molecule has 1 heterocycles. The lowest BCUT2D eigenvalue weighted by Crippen LogP contribution is -2.25. The lowest BCUT2D eigenvalue weighted by molar-refractivity contribution is 0.102. The molecule has 0 aliphatic heterocycles. The van der Waals surface area contributed by atoms with Crippen LogP contribution in [-0.4, -0.2) is 29.1 Å². The second-order valence-electron chi connectivity index (χ2n) is 6.03. The summed E-state index contributed by atoms with van der Waals surface area (Å²) in [6.07, 6.45) is 1.80. The number of nitriles is 1. The third-order valence-electron chi connectivity index (χ3n) is 4.19. The van der Waals surface area contributed by atoms with Crippen molar-refractivity contribution in [3.8, 4) is 11.8 Å². The van der Waals surface area contributed by atoms with E-state index < -0.39 is 6.10 Å². The van der Waals surface area contributed by atoms with Crippen molar-refractivity contribution in [3.63, 3.8) is 0 Å². The van der Waals surface area contributed by atoms with Gasteiger partial charge in [-0.1, -0.05) is 30.3 Å². The highest BCUT2D eigenvalue weighted by atomic mass is 16.5. The van der Waals surface area contributed by atoms with E-state index in [1.54, 1.807) is 12.3 Å². The molecule has 0 spiro atoms. The first-order valence-corrected chi connectivity index (χ1v) is 8.89. The van der Waals surface area contributed by atoms with Crippen LogP contribution in [0.15, 0.2) is 59.5 Å². The van der Waals surface area contributed by atoms with Gasteiger partial charge in [-0.2, -0.15) is 10.4 Å². The molecule has 27 heavy (non-hydrogen) atoms. The van der Waals surface area contributed by atoms with Crippen molar-refractivity contribution in [3.05, 3.63) is 70.6 Å². The lowest BCUT2D eigenvalue weighted by atomic mass is 10.1. The fourth-order valence-electron chi connectivity index (χ4n) is 2.82.